The Morgan fingerprint density at radius 2 is 0.510 bits per heavy atom. The van der Waals surface area contributed by atoms with E-state index >= 15 is 0 Å². The first-order valence-electron chi connectivity index (χ1n) is 36.1. The Morgan fingerprint density at radius 1 is 0.265 bits per heavy atom. The molecule has 12 aromatic carbocycles. The third-order valence-electron chi connectivity index (χ3n) is 21.5. The Hall–Kier alpha value is -9.70. The largest absolute Gasteiger partial charge is 0.494 e. The van der Waals surface area contributed by atoms with E-state index in [1.807, 2.05) is 0 Å². The Kier molecular flexibility index (Phi) is 16.9. The van der Waals surface area contributed by atoms with Crippen LogP contribution in [0.1, 0.15) is 133 Å². The second-order valence-corrected chi connectivity index (χ2v) is 34.0. The molecule has 0 radical (unpaired) electrons. The molecule has 5 heterocycles. The van der Waals surface area contributed by atoms with E-state index < -0.39 is 0 Å². The number of aromatic nitrogens is 4. The molecule has 0 atom stereocenters. The predicted molar refractivity (Wildman–Crippen MR) is 440 cm³/mol. The molecule has 17 rings (SSSR count). The Morgan fingerprint density at radius 3 is 0.804 bits per heavy atom. The molecule has 102 heavy (non-hydrogen) atoms. The van der Waals surface area contributed by atoms with Crippen molar-refractivity contribution in [1.82, 2.24) is 18.3 Å². The van der Waals surface area contributed by atoms with Crippen LogP contribution in [0.25, 0.3) is 121 Å². The van der Waals surface area contributed by atoms with Crippen LogP contribution in [0.5, 0.6) is 0 Å². The topological polar surface area (TPSA) is 38.2 Å². The van der Waals surface area contributed by atoms with Gasteiger partial charge in [0.05, 0.1) is 55.3 Å². The predicted octanol–water partition coefficient (Wildman–Crippen LogP) is 25.4. The summed E-state index contributed by atoms with van der Waals surface area (Å²) in [4.78, 5) is 0. The van der Waals surface area contributed by atoms with Crippen LogP contribution in [-0.2, 0) is 31.0 Å². The molecule has 1 saturated heterocycles. The van der Waals surface area contributed by atoms with Gasteiger partial charge in [0, 0.05) is 70.3 Å². The highest BCUT2D eigenvalue weighted by molar-refractivity contribution is 9.10. The minimum absolute atomic E-state index is 0.124. The molecular weight excluding hydrogens is 1310 g/mol. The first-order chi connectivity index (χ1) is 48.5. The third-order valence-corrected chi connectivity index (χ3v) is 22.0. The van der Waals surface area contributed by atoms with Crippen molar-refractivity contribution >= 4 is 116 Å². The number of para-hydroxylation sites is 4. The first kappa shape index (κ1) is 68.1. The molecule has 8 heteroatoms. The number of hydrogen-bond acceptors (Lipinski definition) is 2. The summed E-state index contributed by atoms with van der Waals surface area (Å²) in [5.74, 6) is 0. The molecule has 1 fully saturated rings. The van der Waals surface area contributed by atoms with Crippen LogP contribution in [-0.4, -0.2) is 36.6 Å². The number of fused-ring (bicyclic) bond motifs is 12. The van der Waals surface area contributed by atoms with Crippen LogP contribution >= 0.6 is 15.9 Å². The van der Waals surface area contributed by atoms with E-state index in [1.165, 1.54) is 143 Å². The van der Waals surface area contributed by atoms with Crippen LogP contribution in [0.4, 0.5) is 0 Å². The molecule has 6 nitrogen and oxygen atoms in total. The lowest BCUT2D eigenvalue weighted by Crippen LogP contribution is -2.41. The summed E-state index contributed by atoms with van der Waals surface area (Å²) < 4.78 is 23.3. The van der Waals surface area contributed by atoms with Crippen LogP contribution < -0.4 is 5.46 Å². The van der Waals surface area contributed by atoms with Crippen LogP contribution in [0.2, 0.25) is 0 Å². The molecule has 1 aliphatic heterocycles. The Bertz CT molecular complexity index is 5670. The number of rotatable bonds is 6. The average Bonchev–Trinajstić information content (AvgIpc) is 1.80. The van der Waals surface area contributed by atoms with Crippen LogP contribution in [0, 0.1) is 0 Å². The van der Waals surface area contributed by atoms with Gasteiger partial charge in [-0.05, 0) is 210 Å². The molecule has 0 aliphatic carbocycles. The molecule has 0 spiro atoms. The van der Waals surface area contributed by atoms with Crippen molar-refractivity contribution in [3.63, 3.8) is 0 Å². The van der Waals surface area contributed by atoms with E-state index in [1.54, 1.807) is 0 Å². The maximum atomic E-state index is 6.32. The number of nitrogens with zero attached hydrogens (tertiary/aromatic N) is 4. The highest BCUT2D eigenvalue weighted by atomic mass is 79.9. The van der Waals surface area contributed by atoms with E-state index in [2.05, 4.69) is 412 Å². The first-order valence-corrected chi connectivity index (χ1v) is 36.9. The van der Waals surface area contributed by atoms with Gasteiger partial charge in [-0.15, -0.1) is 0 Å². The van der Waals surface area contributed by atoms with Gasteiger partial charge >= 0.3 is 7.12 Å². The second-order valence-electron chi connectivity index (χ2n) is 33.1. The Balaban J connectivity index is 0.000000131. The van der Waals surface area contributed by atoms with Gasteiger partial charge in [-0.2, -0.15) is 0 Å². The standard InChI is InChI=1S/C44H40N2.C28H32BNO2.C22H20BrN/c1-43(2,3)31-17-21-33(22-18-31)45-39-13-9-7-11-35(39)37-27-29(15-25-41(37)45)30-16-26-42-38(28-30)36-12-8-10-14-40(36)46(42)34-23-19-32(20-24-34)44(4,5)6;1-26(2,3)19-12-15-21(16-13-19)30-24-11-9-8-10-22(24)23-18-20(14-17-25(23)30)29-31-27(4,5)28(6,7)32-29;1-22(2,3)15-8-11-17(12-9-15)24-20-7-5-4-6-18(20)19-14-16(23)10-13-21(19)24/h7-28H,1-6H3;8-18H,1-7H3;4-14H,1-3H3. The van der Waals surface area contributed by atoms with Gasteiger partial charge < -0.3 is 27.6 Å². The van der Waals surface area contributed by atoms with Gasteiger partial charge in [-0.3, -0.25) is 0 Å². The van der Waals surface area contributed by atoms with E-state index in [0.29, 0.717) is 0 Å². The third kappa shape index (κ3) is 12.4. The quantitative estimate of drug-likeness (QED) is 0.156. The normalized spacial score (nSPS) is 14.2. The summed E-state index contributed by atoms with van der Waals surface area (Å²) in [7, 11) is -0.363. The SMILES string of the molecule is CC(C)(C)c1ccc(-n2c3ccccc3c3cc(-c4ccc5c(c4)c4ccccc4n5-c4ccc(C(C)(C)C)cc4)ccc32)cc1.CC(C)(C)c1ccc(-n2c3ccccc3c3cc(B4OC(C)(C)C(C)(C)O4)ccc32)cc1.CC(C)(C)c1ccc(-n2c3ccccc3c3cc(Br)ccc32)cc1. The van der Waals surface area contributed by atoms with Gasteiger partial charge in [-0.25, -0.2) is 0 Å². The van der Waals surface area contributed by atoms with Crippen molar-refractivity contribution in [3.8, 4) is 33.9 Å². The highest BCUT2D eigenvalue weighted by Gasteiger charge is 2.52. The summed E-state index contributed by atoms with van der Waals surface area (Å²) in [5, 5.41) is 10.1. The number of hydrogen-bond donors (Lipinski definition) is 0. The smallest absolute Gasteiger partial charge is 0.399 e. The lowest BCUT2D eigenvalue weighted by molar-refractivity contribution is 0.00578. The number of benzene rings is 12. The number of halogens is 1. The van der Waals surface area contributed by atoms with Gasteiger partial charge in [0.25, 0.3) is 0 Å². The van der Waals surface area contributed by atoms with E-state index in [9.17, 15) is 0 Å². The summed E-state index contributed by atoms with van der Waals surface area (Å²) >= 11 is 3.61. The molecule has 510 valence electrons. The fourth-order valence-corrected chi connectivity index (χ4v) is 15.3. The second kappa shape index (κ2) is 25.4. The maximum absolute atomic E-state index is 6.32. The zero-order chi connectivity index (χ0) is 71.6. The van der Waals surface area contributed by atoms with Gasteiger partial charge in [0.15, 0.2) is 0 Å². The molecule has 0 amide bonds. The van der Waals surface area contributed by atoms with Crippen molar-refractivity contribution < 1.29 is 9.31 Å². The maximum Gasteiger partial charge on any atom is 0.494 e. The van der Waals surface area contributed by atoms with Crippen LogP contribution in [0.15, 0.2) is 271 Å². The molecule has 16 aromatic rings. The van der Waals surface area contributed by atoms with Crippen LogP contribution in [0.3, 0.4) is 0 Å². The van der Waals surface area contributed by atoms with Crippen molar-refractivity contribution in [2.75, 3.05) is 0 Å². The molecular formula is C94H92BBrN4O2. The molecule has 0 bridgehead atoms. The lowest BCUT2D eigenvalue weighted by atomic mass is 9.78. The Labute approximate surface area is 610 Å². The summed E-state index contributed by atoms with van der Waals surface area (Å²) in [6, 6.07) is 97.8. The zero-order valence-electron chi connectivity index (χ0n) is 62.0. The highest BCUT2D eigenvalue weighted by Crippen LogP contribution is 2.42. The molecule has 1 aliphatic rings. The molecule has 0 saturated carbocycles. The van der Waals surface area contributed by atoms with Gasteiger partial charge in [0.1, 0.15) is 0 Å². The average molecular weight is 1400 g/mol. The summed E-state index contributed by atoms with van der Waals surface area (Å²) in [5.41, 5.74) is 23.3. The van der Waals surface area contributed by atoms with E-state index in [0.717, 1.165) is 9.94 Å². The van der Waals surface area contributed by atoms with E-state index in [4.69, 9.17) is 9.31 Å². The van der Waals surface area contributed by atoms with Crippen molar-refractivity contribution in [1.29, 1.82) is 0 Å². The van der Waals surface area contributed by atoms with E-state index in [-0.39, 0.29) is 40.0 Å². The molecule has 4 aromatic heterocycles. The van der Waals surface area contributed by atoms with Crippen molar-refractivity contribution in [2.24, 2.45) is 0 Å². The summed E-state index contributed by atoms with van der Waals surface area (Å²) in [6.07, 6.45) is 0. The minimum Gasteiger partial charge on any atom is -0.399 e. The minimum atomic E-state index is -0.363. The van der Waals surface area contributed by atoms with Gasteiger partial charge in [0.2, 0.25) is 0 Å². The summed E-state index contributed by atoms with van der Waals surface area (Å²) in [6.45, 7) is 35.5. The fourth-order valence-electron chi connectivity index (χ4n) is 14.9. The van der Waals surface area contributed by atoms with Gasteiger partial charge in [-0.1, -0.05) is 245 Å². The monoisotopic (exact) mass is 1400 g/mol. The van der Waals surface area contributed by atoms with Crippen molar-refractivity contribution in [2.45, 2.75) is 144 Å². The van der Waals surface area contributed by atoms with Crippen molar-refractivity contribution in [3.05, 3.63) is 294 Å². The fraction of sp³-hybridized carbons (Fsp3) is 0.234. The molecule has 0 unspecified atom stereocenters. The molecule has 0 N–H and O–H groups in total. The zero-order valence-corrected chi connectivity index (χ0v) is 63.6. The lowest BCUT2D eigenvalue weighted by Gasteiger charge is -2.32.